The van der Waals surface area contributed by atoms with Gasteiger partial charge >= 0.3 is 0 Å². The van der Waals surface area contributed by atoms with Crippen LogP contribution in [0.5, 0.6) is 5.75 Å². The zero-order chi connectivity index (χ0) is 14.7. The molecule has 2 heterocycles. The molecule has 0 aliphatic heterocycles. The number of ether oxygens (including phenoxy) is 1. The molecule has 6 heteroatoms. The van der Waals surface area contributed by atoms with E-state index in [4.69, 9.17) is 9.15 Å². The molecular weight excluding hydrogens is 258 g/mol. The van der Waals surface area contributed by atoms with Crippen LogP contribution in [0.25, 0.3) is 0 Å². The van der Waals surface area contributed by atoms with Gasteiger partial charge < -0.3 is 14.1 Å². The van der Waals surface area contributed by atoms with Crippen molar-refractivity contribution in [3.8, 4) is 5.75 Å². The second-order valence-corrected chi connectivity index (χ2v) is 4.86. The number of hydrogen-bond acceptors (Lipinski definition) is 5. The normalized spacial score (nSPS) is 11.1. The molecule has 0 aliphatic carbocycles. The monoisotopic (exact) mass is 277 g/mol. The zero-order valence-corrected chi connectivity index (χ0v) is 12.2. The van der Waals surface area contributed by atoms with Crippen LogP contribution in [0.2, 0.25) is 0 Å². The summed E-state index contributed by atoms with van der Waals surface area (Å²) in [5, 5.41) is 4.23. The summed E-state index contributed by atoms with van der Waals surface area (Å²) in [6.07, 6.45) is 3.02. The number of aromatic nitrogens is 2. The first-order valence-electron chi connectivity index (χ1n) is 6.37. The summed E-state index contributed by atoms with van der Waals surface area (Å²) in [4.78, 5) is 14.6. The fourth-order valence-corrected chi connectivity index (χ4v) is 1.91. The molecule has 0 aromatic carbocycles. The molecule has 0 atom stereocenters. The Kier molecular flexibility index (Phi) is 4.24. The SMILES string of the molecule is COc1cnn(CCN(C)C)c1C(=O)c1coc(C)c1. The van der Waals surface area contributed by atoms with Crippen molar-refractivity contribution in [2.24, 2.45) is 0 Å². The van der Waals surface area contributed by atoms with Crippen LogP contribution in [-0.4, -0.2) is 48.2 Å². The first-order valence-corrected chi connectivity index (χ1v) is 6.37. The van der Waals surface area contributed by atoms with Gasteiger partial charge in [-0.1, -0.05) is 0 Å². The van der Waals surface area contributed by atoms with Gasteiger partial charge in [0.2, 0.25) is 5.78 Å². The minimum Gasteiger partial charge on any atom is -0.493 e. The highest BCUT2D eigenvalue weighted by Gasteiger charge is 2.22. The quantitative estimate of drug-likeness (QED) is 0.750. The summed E-state index contributed by atoms with van der Waals surface area (Å²) in [5.74, 6) is 1.04. The number of ketones is 1. The number of furan rings is 1. The number of likely N-dealkylation sites (N-methyl/N-ethyl adjacent to an activating group) is 1. The molecule has 0 saturated carbocycles. The van der Waals surface area contributed by atoms with Crippen LogP contribution >= 0.6 is 0 Å². The number of carbonyl (C=O) groups excluding carboxylic acids is 1. The van der Waals surface area contributed by atoms with Crippen molar-refractivity contribution < 1.29 is 13.9 Å². The van der Waals surface area contributed by atoms with Gasteiger partial charge in [0.1, 0.15) is 12.0 Å². The third-order valence-corrected chi connectivity index (χ3v) is 2.99. The molecule has 0 unspecified atom stereocenters. The molecule has 108 valence electrons. The molecule has 2 aromatic rings. The van der Waals surface area contributed by atoms with Crippen LogP contribution in [0.15, 0.2) is 22.9 Å². The molecular formula is C14H19N3O3. The molecule has 0 amide bonds. The number of aryl methyl sites for hydroxylation is 1. The smallest absolute Gasteiger partial charge is 0.218 e. The minimum absolute atomic E-state index is 0.144. The maximum Gasteiger partial charge on any atom is 0.218 e. The van der Waals surface area contributed by atoms with E-state index in [0.717, 1.165) is 6.54 Å². The average Bonchev–Trinajstić information content (AvgIpc) is 3.01. The highest BCUT2D eigenvalue weighted by molar-refractivity contribution is 6.09. The van der Waals surface area contributed by atoms with E-state index in [-0.39, 0.29) is 5.78 Å². The molecule has 20 heavy (non-hydrogen) atoms. The van der Waals surface area contributed by atoms with Gasteiger partial charge in [0.05, 0.1) is 25.4 Å². The third-order valence-electron chi connectivity index (χ3n) is 2.99. The van der Waals surface area contributed by atoms with E-state index in [0.29, 0.717) is 29.3 Å². The zero-order valence-electron chi connectivity index (χ0n) is 12.2. The van der Waals surface area contributed by atoms with Crippen LogP contribution in [0, 0.1) is 6.92 Å². The lowest BCUT2D eigenvalue weighted by Gasteiger charge is -2.11. The second-order valence-electron chi connectivity index (χ2n) is 4.86. The Morgan fingerprint density at radius 1 is 1.50 bits per heavy atom. The van der Waals surface area contributed by atoms with Crippen LogP contribution in [0.3, 0.4) is 0 Å². The van der Waals surface area contributed by atoms with Crippen LogP contribution in [0.1, 0.15) is 21.8 Å². The first-order chi connectivity index (χ1) is 9.52. The van der Waals surface area contributed by atoms with E-state index >= 15 is 0 Å². The van der Waals surface area contributed by atoms with Crippen molar-refractivity contribution in [2.75, 3.05) is 27.7 Å². The number of nitrogens with zero attached hydrogens (tertiary/aromatic N) is 3. The fourth-order valence-electron chi connectivity index (χ4n) is 1.91. The Balaban J connectivity index is 2.33. The lowest BCUT2D eigenvalue weighted by molar-refractivity contribution is 0.102. The van der Waals surface area contributed by atoms with Crippen molar-refractivity contribution in [1.82, 2.24) is 14.7 Å². The molecule has 6 nitrogen and oxygen atoms in total. The maximum atomic E-state index is 12.6. The molecule has 0 radical (unpaired) electrons. The molecule has 0 spiro atoms. The standard InChI is InChI=1S/C14H19N3O3/c1-10-7-11(9-20-10)14(18)13-12(19-4)8-15-17(13)6-5-16(2)3/h7-9H,5-6H2,1-4H3. The summed E-state index contributed by atoms with van der Waals surface area (Å²) in [5.41, 5.74) is 0.961. The lowest BCUT2D eigenvalue weighted by atomic mass is 10.1. The van der Waals surface area contributed by atoms with E-state index in [9.17, 15) is 4.79 Å². The molecule has 2 aromatic heterocycles. The van der Waals surface area contributed by atoms with E-state index < -0.39 is 0 Å². The number of methoxy groups -OCH3 is 1. The first kappa shape index (κ1) is 14.3. The largest absolute Gasteiger partial charge is 0.493 e. The summed E-state index contributed by atoms with van der Waals surface area (Å²) < 4.78 is 12.1. The van der Waals surface area contributed by atoms with E-state index in [2.05, 4.69) is 5.10 Å². The summed E-state index contributed by atoms with van der Waals surface area (Å²) >= 11 is 0. The molecule has 0 fully saturated rings. The van der Waals surface area contributed by atoms with Crippen molar-refractivity contribution in [2.45, 2.75) is 13.5 Å². The van der Waals surface area contributed by atoms with Gasteiger partial charge in [-0.2, -0.15) is 5.10 Å². The van der Waals surface area contributed by atoms with Gasteiger partial charge in [-0.15, -0.1) is 0 Å². The topological polar surface area (TPSA) is 60.5 Å². The predicted molar refractivity (Wildman–Crippen MR) is 74.2 cm³/mol. The number of hydrogen-bond donors (Lipinski definition) is 0. The lowest BCUT2D eigenvalue weighted by Crippen LogP contribution is -2.21. The van der Waals surface area contributed by atoms with E-state index in [1.54, 1.807) is 23.9 Å². The Morgan fingerprint density at radius 3 is 2.80 bits per heavy atom. The summed E-state index contributed by atoms with van der Waals surface area (Å²) in [6, 6.07) is 1.71. The Labute approximate surface area is 117 Å². The summed E-state index contributed by atoms with van der Waals surface area (Å²) in [6.45, 7) is 3.21. The van der Waals surface area contributed by atoms with Gasteiger partial charge in [0.15, 0.2) is 11.4 Å². The van der Waals surface area contributed by atoms with Crippen molar-refractivity contribution in [1.29, 1.82) is 0 Å². The molecule has 0 aliphatic rings. The van der Waals surface area contributed by atoms with E-state index in [1.165, 1.54) is 13.4 Å². The predicted octanol–water partition coefficient (Wildman–Crippen LogP) is 1.59. The average molecular weight is 277 g/mol. The van der Waals surface area contributed by atoms with Gasteiger partial charge in [0, 0.05) is 6.54 Å². The molecule has 0 N–H and O–H groups in total. The van der Waals surface area contributed by atoms with Gasteiger partial charge in [-0.05, 0) is 27.1 Å². The van der Waals surface area contributed by atoms with Gasteiger partial charge in [-0.3, -0.25) is 9.48 Å². The highest BCUT2D eigenvalue weighted by Crippen LogP contribution is 2.22. The molecule has 0 bridgehead atoms. The second kappa shape index (κ2) is 5.92. The Bertz CT molecular complexity index is 599. The van der Waals surface area contributed by atoms with Crippen molar-refractivity contribution in [3.63, 3.8) is 0 Å². The summed E-state index contributed by atoms with van der Waals surface area (Å²) in [7, 11) is 5.48. The number of rotatable bonds is 6. The Hall–Kier alpha value is -2.08. The third kappa shape index (κ3) is 2.91. The van der Waals surface area contributed by atoms with Gasteiger partial charge in [-0.25, -0.2) is 0 Å². The van der Waals surface area contributed by atoms with E-state index in [1.807, 2.05) is 19.0 Å². The van der Waals surface area contributed by atoms with Gasteiger partial charge in [0.25, 0.3) is 0 Å². The van der Waals surface area contributed by atoms with Crippen LogP contribution < -0.4 is 4.74 Å². The highest BCUT2D eigenvalue weighted by atomic mass is 16.5. The molecule has 0 saturated heterocycles. The Morgan fingerprint density at radius 2 is 2.25 bits per heavy atom. The maximum absolute atomic E-state index is 12.6. The minimum atomic E-state index is -0.144. The number of carbonyl (C=O) groups is 1. The fraction of sp³-hybridized carbons (Fsp3) is 0.429. The van der Waals surface area contributed by atoms with Crippen LogP contribution in [-0.2, 0) is 6.54 Å². The van der Waals surface area contributed by atoms with Crippen molar-refractivity contribution in [3.05, 3.63) is 35.5 Å². The van der Waals surface area contributed by atoms with Crippen molar-refractivity contribution >= 4 is 5.78 Å². The van der Waals surface area contributed by atoms with Crippen LogP contribution in [0.4, 0.5) is 0 Å². The molecule has 2 rings (SSSR count).